The Hall–Kier alpha value is 0.883. The molecule has 2 radical (unpaired) electrons. The molecule has 1 atom stereocenters. The van der Waals surface area contributed by atoms with E-state index < -0.39 is 0 Å². The summed E-state index contributed by atoms with van der Waals surface area (Å²) in [4.78, 5) is 0. The summed E-state index contributed by atoms with van der Waals surface area (Å²) in [6.45, 7) is 6.97. The molecule has 0 saturated heterocycles. The van der Waals surface area contributed by atoms with Crippen LogP contribution in [0.4, 0.5) is 0 Å². The maximum atomic E-state index is 2.33. The van der Waals surface area contributed by atoms with Gasteiger partial charge in [0, 0.05) is 0 Å². The van der Waals surface area contributed by atoms with Crippen molar-refractivity contribution in [1.29, 1.82) is 0 Å². The van der Waals surface area contributed by atoms with Gasteiger partial charge in [-0.3, -0.25) is 0 Å². The molecule has 0 bridgehead atoms. The fraction of sp³-hybridized carbons (Fsp3) is 1.00. The SMILES string of the molecule is CCCCCCCCC[CH]([Bi])C(CCCCCCC)CCCCCCC. The number of unbranched alkanes of at least 4 members (excludes halogenated alkanes) is 14. The molecule has 0 heterocycles. The molecule has 0 saturated carbocycles. The predicted molar refractivity (Wildman–Crippen MR) is 122 cm³/mol. The second-order valence-corrected chi connectivity index (χ2v) is 11.2. The van der Waals surface area contributed by atoms with E-state index in [2.05, 4.69) is 20.8 Å². The third kappa shape index (κ3) is 18.3. The molecule has 0 rings (SSSR count). The van der Waals surface area contributed by atoms with Crippen molar-refractivity contribution in [2.24, 2.45) is 5.92 Å². The first-order valence-corrected chi connectivity index (χ1v) is 14.4. The van der Waals surface area contributed by atoms with Crippen LogP contribution in [-0.2, 0) is 0 Å². The summed E-state index contributed by atoms with van der Waals surface area (Å²) in [5.74, 6) is 1.06. The number of rotatable bonds is 21. The molecule has 0 amide bonds. The summed E-state index contributed by atoms with van der Waals surface area (Å²) in [7, 11) is 0. The van der Waals surface area contributed by atoms with Gasteiger partial charge in [-0.2, -0.15) is 0 Å². The zero-order valence-corrected chi connectivity index (χ0v) is 22.2. The van der Waals surface area contributed by atoms with Crippen LogP contribution in [0.15, 0.2) is 0 Å². The zero-order valence-electron chi connectivity index (χ0n) is 18.7. The molecule has 0 aliphatic heterocycles. The first kappa shape index (κ1) is 26.9. The Morgan fingerprint density at radius 3 is 1.12 bits per heavy atom. The summed E-state index contributed by atoms with van der Waals surface area (Å²) >= 11 is 1.66. The first-order valence-electron chi connectivity index (χ1n) is 12.4. The van der Waals surface area contributed by atoms with E-state index in [-0.39, 0.29) is 0 Å². The van der Waals surface area contributed by atoms with Crippen molar-refractivity contribution in [2.45, 2.75) is 153 Å². The average molecular weight is 561 g/mol. The van der Waals surface area contributed by atoms with Crippen molar-refractivity contribution in [3.8, 4) is 0 Å². The van der Waals surface area contributed by atoms with E-state index in [1.165, 1.54) is 128 Å². The summed E-state index contributed by atoms with van der Waals surface area (Å²) in [5, 5.41) is 0. The topological polar surface area (TPSA) is 0 Å². The molecule has 0 fully saturated rings. The molecule has 0 nitrogen and oxygen atoms in total. The minimum atomic E-state index is 1.06. The van der Waals surface area contributed by atoms with Crippen molar-refractivity contribution in [3.63, 3.8) is 0 Å². The second-order valence-electron chi connectivity index (χ2n) is 8.64. The van der Waals surface area contributed by atoms with Gasteiger partial charge >= 0.3 is 183 Å². The summed E-state index contributed by atoms with van der Waals surface area (Å²) in [6, 6.07) is 0. The molecule has 1 heteroatoms. The molecular formula is C25H51Bi. The third-order valence-corrected chi connectivity index (χ3v) is 8.65. The molecule has 26 heavy (non-hydrogen) atoms. The van der Waals surface area contributed by atoms with E-state index in [1.54, 1.807) is 24.7 Å². The first-order chi connectivity index (χ1) is 12.8. The van der Waals surface area contributed by atoms with Gasteiger partial charge in [-0.25, -0.2) is 0 Å². The standard InChI is InChI=1S/C25H51.Bi/c1-4-7-10-13-14-15-18-21-24-25(22-19-16-11-8-5-2)23-20-17-12-9-6-3;/h24-25H,4-23H2,1-3H3;. The predicted octanol–water partition coefficient (Wildman–Crippen LogP) is 9.42. The molecule has 0 aromatic rings. The summed E-state index contributed by atoms with van der Waals surface area (Å²) in [5.41, 5.74) is 0. The van der Waals surface area contributed by atoms with Crippen LogP contribution in [0.1, 0.15) is 149 Å². The van der Waals surface area contributed by atoms with Gasteiger partial charge in [-0.15, -0.1) is 0 Å². The van der Waals surface area contributed by atoms with E-state index in [4.69, 9.17) is 0 Å². The van der Waals surface area contributed by atoms with Crippen LogP contribution in [0.25, 0.3) is 0 Å². The third-order valence-electron chi connectivity index (χ3n) is 6.00. The van der Waals surface area contributed by atoms with E-state index in [0.717, 1.165) is 9.54 Å². The van der Waals surface area contributed by atoms with Crippen molar-refractivity contribution < 1.29 is 0 Å². The Labute approximate surface area is 182 Å². The average Bonchev–Trinajstić information content (AvgIpc) is 2.65. The molecule has 156 valence electrons. The van der Waals surface area contributed by atoms with Crippen LogP contribution >= 0.6 is 0 Å². The van der Waals surface area contributed by atoms with Crippen LogP contribution in [0.3, 0.4) is 0 Å². The van der Waals surface area contributed by atoms with Crippen molar-refractivity contribution in [3.05, 3.63) is 0 Å². The van der Waals surface area contributed by atoms with Gasteiger partial charge in [-0.05, 0) is 0 Å². The van der Waals surface area contributed by atoms with Crippen LogP contribution in [0.5, 0.6) is 0 Å². The number of hydrogen-bond donors (Lipinski definition) is 0. The van der Waals surface area contributed by atoms with Gasteiger partial charge in [0.15, 0.2) is 0 Å². The van der Waals surface area contributed by atoms with Gasteiger partial charge < -0.3 is 0 Å². The molecule has 0 spiro atoms. The van der Waals surface area contributed by atoms with Gasteiger partial charge in [0.25, 0.3) is 0 Å². The summed E-state index contributed by atoms with van der Waals surface area (Å²) in [6.07, 6.45) is 29.5. The van der Waals surface area contributed by atoms with E-state index in [1.807, 2.05) is 0 Å². The molecule has 0 aromatic heterocycles. The minimum absolute atomic E-state index is 1.06. The molecule has 0 aliphatic rings. The molecule has 0 aliphatic carbocycles. The summed E-state index contributed by atoms with van der Waals surface area (Å²) < 4.78 is 1.07. The van der Waals surface area contributed by atoms with Crippen LogP contribution in [0.2, 0.25) is 3.63 Å². The molecule has 0 aromatic carbocycles. The van der Waals surface area contributed by atoms with Crippen molar-refractivity contribution in [1.82, 2.24) is 0 Å². The Balaban J connectivity index is 3.95. The van der Waals surface area contributed by atoms with E-state index in [0.29, 0.717) is 0 Å². The maximum absolute atomic E-state index is 2.33. The Kier molecular flexibility index (Phi) is 22.9. The van der Waals surface area contributed by atoms with E-state index in [9.17, 15) is 0 Å². The van der Waals surface area contributed by atoms with Crippen molar-refractivity contribution in [2.75, 3.05) is 0 Å². The zero-order chi connectivity index (χ0) is 19.3. The van der Waals surface area contributed by atoms with Crippen LogP contribution in [-0.4, -0.2) is 24.7 Å². The van der Waals surface area contributed by atoms with Crippen LogP contribution < -0.4 is 0 Å². The van der Waals surface area contributed by atoms with Gasteiger partial charge in [-0.1, -0.05) is 0 Å². The molecule has 0 N–H and O–H groups in total. The molecule has 1 unspecified atom stereocenters. The Bertz CT molecular complexity index is 237. The van der Waals surface area contributed by atoms with Gasteiger partial charge in [0.1, 0.15) is 0 Å². The normalized spacial score (nSPS) is 12.8. The monoisotopic (exact) mass is 560 g/mol. The Morgan fingerprint density at radius 2 is 0.731 bits per heavy atom. The fourth-order valence-electron chi connectivity index (χ4n) is 4.10. The van der Waals surface area contributed by atoms with Crippen LogP contribution in [0, 0.1) is 5.92 Å². The second kappa shape index (κ2) is 22.2. The number of hydrogen-bond acceptors (Lipinski definition) is 0. The van der Waals surface area contributed by atoms with Gasteiger partial charge in [0.2, 0.25) is 0 Å². The quantitative estimate of drug-likeness (QED) is 0.0969. The molecular weight excluding hydrogens is 509 g/mol. The van der Waals surface area contributed by atoms with Gasteiger partial charge in [0.05, 0.1) is 0 Å². The fourth-order valence-corrected chi connectivity index (χ4v) is 5.96. The van der Waals surface area contributed by atoms with Crippen molar-refractivity contribution >= 4 is 24.7 Å². The van der Waals surface area contributed by atoms with E-state index >= 15 is 0 Å². The Morgan fingerprint density at radius 1 is 0.423 bits per heavy atom.